The summed E-state index contributed by atoms with van der Waals surface area (Å²) in [6, 6.07) is 8.15. The second-order valence-corrected chi connectivity index (χ2v) is 7.62. The van der Waals surface area contributed by atoms with E-state index in [0.29, 0.717) is 26.3 Å². The number of nitrogens with zero attached hydrogens (tertiary/aromatic N) is 1. The van der Waals surface area contributed by atoms with Gasteiger partial charge in [0.15, 0.2) is 0 Å². The Morgan fingerprint density at radius 1 is 1.26 bits per heavy atom. The number of carbonyl (C=O) groups is 1. The first kappa shape index (κ1) is 20.1. The third-order valence-corrected chi connectivity index (χ3v) is 5.07. The van der Waals surface area contributed by atoms with Crippen LogP contribution < -0.4 is 5.32 Å². The number of carbonyl (C=O) groups excluding carboxylic acids is 1. The van der Waals surface area contributed by atoms with Crippen molar-refractivity contribution >= 4 is 6.03 Å². The molecule has 2 amide bonds. The van der Waals surface area contributed by atoms with Crippen molar-refractivity contribution < 1.29 is 19.0 Å². The van der Waals surface area contributed by atoms with E-state index < -0.39 is 0 Å². The number of amides is 2. The Balaban J connectivity index is 1.43. The Morgan fingerprint density at radius 2 is 2.11 bits per heavy atom. The van der Waals surface area contributed by atoms with Crippen LogP contribution in [0.15, 0.2) is 24.3 Å². The van der Waals surface area contributed by atoms with Crippen molar-refractivity contribution in [2.45, 2.75) is 64.6 Å². The highest BCUT2D eigenvalue weighted by molar-refractivity contribution is 5.74. The highest BCUT2D eigenvalue weighted by atomic mass is 16.5. The molecule has 2 aliphatic heterocycles. The third kappa shape index (κ3) is 6.48. The van der Waals surface area contributed by atoms with Gasteiger partial charge in [0, 0.05) is 26.2 Å². The molecule has 0 spiro atoms. The molecule has 150 valence electrons. The van der Waals surface area contributed by atoms with E-state index in [2.05, 4.69) is 24.4 Å². The largest absolute Gasteiger partial charge is 0.376 e. The maximum atomic E-state index is 12.5. The standard InChI is InChI=1S/C21H32N2O4/c1-16-8-9-23(13-17(2)27-16)21(24)22-12-18-5-3-6-19(11-18)14-25-15-20-7-4-10-26-20/h3,5-6,11,16-17,20H,4,7-10,12-15H2,1-2H3,(H,22,24)/t16-,17+,20?/m1/s1. The van der Waals surface area contributed by atoms with E-state index in [9.17, 15) is 4.79 Å². The predicted molar refractivity (Wildman–Crippen MR) is 104 cm³/mol. The van der Waals surface area contributed by atoms with E-state index in [1.807, 2.05) is 24.0 Å². The van der Waals surface area contributed by atoms with Gasteiger partial charge in [0.05, 0.1) is 31.5 Å². The van der Waals surface area contributed by atoms with Crippen LogP contribution in [-0.4, -0.2) is 55.5 Å². The lowest BCUT2D eigenvalue weighted by molar-refractivity contribution is 0.0106. The molecule has 1 unspecified atom stereocenters. The third-order valence-electron chi connectivity index (χ3n) is 5.07. The topological polar surface area (TPSA) is 60.0 Å². The molecule has 6 nitrogen and oxygen atoms in total. The minimum atomic E-state index is -0.0282. The highest BCUT2D eigenvalue weighted by Crippen LogP contribution is 2.14. The van der Waals surface area contributed by atoms with Crippen molar-refractivity contribution in [1.82, 2.24) is 10.2 Å². The lowest BCUT2D eigenvalue weighted by Crippen LogP contribution is -2.42. The normalized spacial score (nSPS) is 26.0. The molecule has 6 heteroatoms. The first-order chi connectivity index (χ1) is 13.1. The SMILES string of the molecule is C[C@@H]1CCN(C(=O)NCc2cccc(COCC3CCCO3)c2)C[C@H](C)O1. The highest BCUT2D eigenvalue weighted by Gasteiger charge is 2.22. The maximum Gasteiger partial charge on any atom is 0.317 e. The summed E-state index contributed by atoms with van der Waals surface area (Å²) in [6.07, 6.45) is 3.60. The van der Waals surface area contributed by atoms with E-state index in [4.69, 9.17) is 14.2 Å². The van der Waals surface area contributed by atoms with Crippen LogP contribution >= 0.6 is 0 Å². The number of benzene rings is 1. The molecular weight excluding hydrogens is 344 g/mol. The number of nitrogens with one attached hydrogen (secondary N) is 1. The summed E-state index contributed by atoms with van der Waals surface area (Å²) in [6.45, 7) is 8.02. The quantitative estimate of drug-likeness (QED) is 0.829. The molecule has 0 aromatic heterocycles. The lowest BCUT2D eigenvalue weighted by Gasteiger charge is -2.22. The summed E-state index contributed by atoms with van der Waals surface area (Å²) in [4.78, 5) is 14.4. The van der Waals surface area contributed by atoms with Crippen LogP contribution in [0.2, 0.25) is 0 Å². The van der Waals surface area contributed by atoms with Gasteiger partial charge < -0.3 is 24.4 Å². The van der Waals surface area contributed by atoms with Crippen LogP contribution in [-0.2, 0) is 27.4 Å². The summed E-state index contributed by atoms with van der Waals surface area (Å²) in [5, 5.41) is 3.03. The monoisotopic (exact) mass is 376 g/mol. The van der Waals surface area contributed by atoms with Gasteiger partial charge >= 0.3 is 6.03 Å². The van der Waals surface area contributed by atoms with Crippen LogP contribution in [0.1, 0.15) is 44.2 Å². The van der Waals surface area contributed by atoms with Gasteiger partial charge in [-0.3, -0.25) is 0 Å². The van der Waals surface area contributed by atoms with E-state index in [1.165, 1.54) is 0 Å². The van der Waals surface area contributed by atoms with E-state index in [1.54, 1.807) is 0 Å². The van der Waals surface area contributed by atoms with Gasteiger partial charge in [-0.15, -0.1) is 0 Å². The molecule has 0 radical (unpaired) electrons. The zero-order valence-corrected chi connectivity index (χ0v) is 16.5. The van der Waals surface area contributed by atoms with Gasteiger partial charge in [-0.2, -0.15) is 0 Å². The fraction of sp³-hybridized carbons (Fsp3) is 0.667. The molecule has 1 aromatic rings. The number of urea groups is 1. The molecule has 0 aliphatic carbocycles. The van der Waals surface area contributed by atoms with Gasteiger partial charge in [-0.05, 0) is 44.2 Å². The predicted octanol–water partition coefficient (Wildman–Crippen LogP) is 3.09. The van der Waals surface area contributed by atoms with Crippen LogP contribution in [0.25, 0.3) is 0 Å². The van der Waals surface area contributed by atoms with Crippen molar-refractivity contribution in [3.63, 3.8) is 0 Å². The number of rotatable bonds is 6. The molecule has 2 saturated heterocycles. The van der Waals surface area contributed by atoms with Crippen molar-refractivity contribution in [2.75, 3.05) is 26.3 Å². The maximum absolute atomic E-state index is 12.5. The molecule has 2 heterocycles. The second-order valence-electron chi connectivity index (χ2n) is 7.62. The Bertz CT molecular complexity index is 604. The van der Waals surface area contributed by atoms with Gasteiger partial charge in [0.1, 0.15) is 0 Å². The first-order valence-electron chi connectivity index (χ1n) is 10.1. The second kappa shape index (κ2) is 10.1. The summed E-state index contributed by atoms with van der Waals surface area (Å²) >= 11 is 0. The molecular formula is C21H32N2O4. The Morgan fingerprint density at radius 3 is 2.93 bits per heavy atom. The molecule has 2 aliphatic rings. The molecule has 3 atom stereocenters. The van der Waals surface area contributed by atoms with Gasteiger partial charge in [-0.25, -0.2) is 4.79 Å². The number of hydrogen-bond acceptors (Lipinski definition) is 4. The molecule has 3 rings (SSSR count). The molecule has 0 saturated carbocycles. The Hall–Kier alpha value is -1.63. The molecule has 2 fully saturated rings. The molecule has 27 heavy (non-hydrogen) atoms. The zero-order chi connectivity index (χ0) is 19.1. The average Bonchev–Trinajstić information content (AvgIpc) is 3.10. The Labute approximate surface area is 162 Å². The molecule has 0 bridgehead atoms. The van der Waals surface area contributed by atoms with Gasteiger partial charge in [0.2, 0.25) is 0 Å². The smallest absolute Gasteiger partial charge is 0.317 e. The zero-order valence-electron chi connectivity index (χ0n) is 16.5. The minimum Gasteiger partial charge on any atom is -0.376 e. The number of ether oxygens (including phenoxy) is 3. The fourth-order valence-electron chi connectivity index (χ4n) is 3.63. The number of hydrogen-bond donors (Lipinski definition) is 1. The fourth-order valence-corrected chi connectivity index (χ4v) is 3.63. The first-order valence-corrected chi connectivity index (χ1v) is 10.1. The summed E-state index contributed by atoms with van der Waals surface area (Å²) in [5.41, 5.74) is 2.19. The van der Waals surface area contributed by atoms with Crippen LogP contribution in [0, 0.1) is 0 Å². The lowest BCUT2D eigenvalue weighted by atomic mass is 10.1. The van der Waals surface area contributed by atoms with E-state index >= 15 is 0 Å². The van der Waals surface area contributed by atoms with Gasteiger partial charge in [-0.1, -0.05) is 24.3 Å². The summed E-state index contributed by atoms with van der Waals surface area (Å²) in [7, 11) is 0. The van der Waals surface area contributed by atoms with Crippen molar-refractivity contribution in [3.8, 4) is 0 Å². The summed E-state index contributed by atoms with van der Waals surface area (Å²) in [5.74, 6) is 0. The minimum absolute atomic E-state index is 0.0282. The summed E-state index contributed by atoms with van der Waals surface area (Å²) < 4.78 is 17.2. The van der Waals surface area contributed by atoms with Crippen molar-refractivity contribution in [2.24, 2.45) is 0 Å². The van der Waals surface area contributed by atoms with Gasteiger partial charge in [0.25, 0.3) is 0 Å². The van der Waals surface area contributed by atoms with Crippen molar-refractivity contribution in [1.29, 1.82) is 0 Å². The average molecular weight is 376 g/mol. The van der Waals surface area contributed by atoms with Crippen LogP contribution in [0.4, 0.5) is 4.79 Å². The van der Waals surface area contributed by atoms with Crippen LogP contribution in [0.5, 0.6) is 0 Å². The van der Waals surface area contributed by atoms with E-state index in [0.717, 1.165) is 43.5 Å². The van der Waals surface area contributed by atoms with Crippen molar-refractivity contribution in [3.05, 3.63) is 35.4 Å². The molecule has 1 N–H and O–H groups in total. The van der Waals surface area contributed by atoms with Crippen LogP contribution in [0.3, 0.4) is 0 Å². The van der Waals surface area contributed by atoms with E-state index in [-0.39, 0.29) is 24.3 Å². The molecule has 1 aromatic carbocycles. The Kier molecular flexibility index (Phi) is 7.50.